The maximum absolute atomic E-state index is 11.8. The quantitative estimate of drug-likeness (QED) is 0.457. The Labute approximate surface area is 143 Å². The van der Waals surface area contributed by atoms with Crippen molar-refractivity contribution in [2.24, 2.45) is 4.99 Å². The smallest absolute Gasteiger partial charge is 0.243 e. The lowest BCUT2D eigenvalue weighted by molar-refractivity contribution is -0.127. The van der Waals surface area contributed by atoms with Gasteiger partial charge in [-0.25, -0.2) is 14.7 Å². The minimum atomic E-state index is -0.0192. The standard InChI is InChI=1S/C16H29N7O/c1-5-6-9-17-16(18-11-14(24)22(3)4)20-13-8-7-10-23-15(13)19-12(2)21-23/h13H,5-11H2,1-4H3,(H2,17,18,20). The highest BCUT2D eigenvalue weighted by molar-refractivity contribution is 5.84. The van der Waals surface area contributed by atoms with Crippen LogP contribution >= 0.6 is 0 Å². The number of aromatic nitrogens is 3. The zero-order valence-corrected chi connectivity index (χ0v) is 15.2. The van der Waals surface area contributed by atoms with Gasteiger partial charge in [-0.15, -0.1) is 0 Å². The van der Waals surface area contributed by atoms with E-state index in [1.54, 1.807) is 19.0 Å². The fourth-order valence-electron chi connectivity index (χ4n) is 2.59. The number of hydrogen-bond acceptors (Lipinski definition) is 4. The first-order valence-corrected chi connectivity index (χ1v) is 8.67. The summed E-state index contributed by atoms with van der Waals surface area (Å²) in [5.41, 5.74) is 0. The molecule has 1 atom stereocenters. The van der Waals surface area contributed by atoms with Crippen LogP contribution in [0, 0.1) is 6.92 Å². The van der Waals surface area contributed by atoms with Crippen molar-refractivity contribution in [3.8, 4) is 0 Å². The molecule has 24 heavy (non-hydrogen) atoms. The van der Waals surface area contributed by atoms with Gasteiger partial charge in [-0.3, -0.25) is 4.79 Å². The summed E-state index contributed by atoms with van der Waals surface area (Å²) in [4.78, 5) is 22.3. The zero-order chi connectivity index (χ0) is 17.5. The summed E-state index contributed by atoms with van der Waals surface area (Å²) in [6.45, 7) is 5.92. The van der Waals surface area contributed by atoms with Crippen LogP contribution in [0.2, 0.25) is 0 Å². The third kappa shape index (κ3) is 4.94. The van der Waals surface area contributed by atoms with Gasteiger partial charge in [0.15, 0.2) is 5.96 Å². The molecule has 1 aromatic rings. The van der Waals surface area contributed by atoms with Crippen LogP contribution in [0.5, 0.6) is 0 Å². The second-order valence-electron chi connectivity index (χ2n) is 6.31. The normalized spacial score (nSPS) is 17.3. The number of hydrogen-bond donors (Lipinski definition) is 2. The van der Waals surface area contributed by atoms with Crippen LogP contribution in [0.25, 0.3) is 0 Å². The van der Waals surface area contributed by atoms with Crippen molar-refractivity contribution < 1.29 is 4.79 Å². The van der Waals surface area contributed by atoms with E-state index in [-0.39, 0.29) is 18.5 Å². The molecule has 8 nitrogen and oxygen atoms in total. The number of nitrogens with zero attached hydrogens (tertiary/aromatic N) is 5. The number of aryl methyl sites for hydroxylation is 2. The molecule has 0 aliphatic carbocycles. The third-order valence-corrected chi connectivity index (χ3v) is 3.99. The Morgan fingerprint density at radius 2 is 2.25 bits per heavy atom. The Hall–Kier alpha value is -2.12. The zero-order valence-electron chi connectivity index (χ0n) is 15.2. The molecule has 2 heterocycles. The average Bonchev–Trinajstić information content (AvgIpc) is 2.93. The minimum absolute atomic E-state index is 0.0192. The van der Waals surface area contributed by atoms with Gasteiger partial charge in [0, 0.05) is 27.2 Å². The van der Waals surface area contributed by atoms with E-state index in [4.69, 9.17) is 0 Å². The number of nitrogens with one attached hydrogen (secondary N) is 2. The molecular weight excluding hydrogens is 306 g/mol. The molecule has 0 bridgehead atoms. The lowest BCUT2D eigenvalue weighted by Crippen LogP contribution is -2.42. The maximum Gasteiger partial charge on any atom is 0.243 e. The number of aliphatic imine (C=N–C) groups is 1. The lowest BCUT2D eigenvalue weighted by atomic mass is 10.1. The van der Waals surface area contributed by atoms with E-state index in [0.29, 0.717) is 5.96 Å². The molecule has 1 aliphatic heterocycles. The summed E-state index contributed by atoms with van der Waals surface area (Å²) < 4.78 is 1.96. The van der Waals surface area contributed by atoms with Crippen LogP contribution < -0.4 is 10.6 Å². The molecule has 1 unspecified atom stereocenters. The van der Waals surface area contributed by atoms with Crippen LogP contribution in [0.4, 0.5) is 0 Å². The minimum Gasteiger partial charge on any atom is -0.356 e. The summed E-state index contributed by atoms with van der Waals surface area (Å²) in [5.74, 6) is 2.38. The number of likely N-dealkylation sites (N-methyl/N-ethyl adjacent to an activating group) is 1. The Kier molecular flexibility index (Phi) is 6.57. The number of rotatable bonds is 6. The SMILES string of the molecule is CCCCNC(=NCC(=O)N(C)C)NC1CCCn2nc(C)nc21. The van der Waals surface area contributed by atoms with E-state index >= 15 is 0 Å². The molecule has 2 N–H and O–H groups in total. The lowest BCUT2D eigenvalue weighted by Gasteiger charge is -2.25. The number of carbonyl (C=O) groups is 1. The van der Waals surface area contributed by atoms with Gasteiger partial charge in [-0.2, -0.15) is 5.10 Å². The molecule has 0 radical (unpaired) electrons. The first-order chi connectivity index (χ1) is 11.5. The summed E-state index contributed by atoms with van der Waals surface area (Å²) in [7, 11) is 3.48. The molecule has 8 heteroatoms. The summed E-state index contributed by atoms with van der Waals surface area (Å²) in [5, 5.41) is 11.2. The highest BCUT2D eigenvalue weighted by atomic mass is 16.2. The van der Waals surface area contributed by atoms with Gasteiger partial charge in [0.2, 0.25) is 5.91 Å². The van der Waals surface area contributed by atoms with Crippen LogP contribution in [-0.4, -0.2) is 58.7 Å². The van der Waals surface area contributed by atoms with E-state index in [0.717, 1.165) is 50.4 Å². The van der Waals surface area contributed by atoms with Crippen molar-refractivity contribution in [1.82, 2.24) is 30.3 Å². The van der Waals surface area contributed by atoms with Crippen molar-refractivity contribution >= 4 is 11.9 Å². The molecule has 134 valence electrons. The Morgan fingerprint density at radius 3 is 2.96 bits per heavy atom. The largest absolute Gasteiger partial charge is 0.356 e. The first-order valence-electron chi connectivity index (χ1n) is 8.67. The monoisotopic (exact) mass is 335 g/mol. The van der Waals surface area contributed by atoms with Crippen molar-refractivity contribution in [3.05, 3.63) is 11.6 Å². The maximum atomic E-state index is 11.8. The van der Waals surface area contributed by atoms with E-state index in [9.17, 15) is 4.79 Å². The molecular formula is C16H29N7O. The first kappa shape index (κ1) is 18.2. The molecule has 0 aromatic carbocycles. The van der Waals surface area contributed by atoms with E-state index in [2.05, 4.69) is 32.6 Å². The number of fused-ring (bicyclic) bond motifs is 1. The summed E-state index contributed by atoms with van der Waals surface area (Å²) in [6, 6.07) is 0.0716. The molecule has 0 saturated heterocycles. The number of amides is 1. The van der Waals surface area contributed by atoms with Gasteiger partial charge >= 0.3 is 0 Å². The second kappa shape index (κ2) is 8.65. The molecule has 1 aliphatic rings. The van der Waals surface area contributed by atoms with E-state index in [1.165, 1.54) is 0 Å². The highest BCUT2D eigenvalue weighted by Crippen LogP contribution is 2.22. The third-order valence-electron chi connectivity index (χ3n) is 3.99. The van der Waals surface area contributed by atoms with Crippen LogP contribution in [0.1, 0.15) is 50.3 Å². The number of carbonyl (C=O) groups excluding carboxylic acids is 1. The molecule has 2 rings (SSSR count). The van der Waals surface area contributed by atoms with Crippen molar-refractivity contribution in [3.63, 3.8) is 0 Å². The fraction of sp³-hybridized carbons (Fsp3) is 0.750. The van der Waals surface area contributed by atoms with Crippen molar-refractivity contribution in [1.29, 1.82) is 0 Å². The molecule has 0 saturated carbocycles. The van der Waals surface area contributed by atoms with Crippen molar-refractivity contribution in [2.45, 2.75) is 52.1 Å². The fourth-order valence-corrected chi connectivity index (χ4v) is 2.59. The summed E-state index contributed by atoms with van der Waals surface area (Å²) in [6.07, 6.45) is 4.19. The van der Waals surface area contributed by atoms with Crippen LogP contribution in [0.15, 0.2) is 4.99 Å². The summed E-state index contributed by atoms with van der Waals surface area (Å²) >= 11 is 0. The van der Waals surface area contributed by atoms with Gasteiger partial charge in [-0.05, 0) is 26.2 Å². The average molecular weight is 335 g/mol. The second-order valence-corrected chi connectivity index (χ2v) is 6.31. The number of unbranched alkanes of at least 4 members (excludes halogenated alkanes) is 1. The number of guanidine groups is 1. The van der Waals surface area contributed by atoms with Crippen molar-refractivity contribution in [2.75, 3.05) is 27.2 Å². The van der Waals surface area contributed by atoms with Gasteiger partial charge in [0.05, 0.1) is 6.04 Å². The van der Waals surface area contributed by atoms with Gasteiger partial charge < -0.3 is 15.5 Å². The van der Waals surface area contributed by atoms with E-state index in [1.807, 2.05) is 11.6 Å². The van der Waals surface area contributed by atoms with Crippen LogP contribution in [-0.2, 0) is 11.3 Å². The molecule has 0 spiro atoms. The van der Waals surface area contributed by atoms with Crippen LogP contribution in [0.3, 0.4) is 0 Å². The molecule has 1 aromatic heterocycles. The Morgan fingerprint density at radius 1 is 1.46 bits per heavy atom. The predicted molar refractivity (Wildman–Crippen MR) is 93.8 cm³/mol. The van der Waals surface area contributed by atoms with Gasteiger partial charge in [-0.1, -0.05) is 13.3 Å². The Bertz CT molecular complexity index is 579. The van der Waals surface area contributed by atoms with E-state index < -0.39 is 0 Å². The molecule has 1 amide bonds. The highest BCUT2D eigenvalue weighted by Gasteiger charge is 2.24. The van der Waals surface area contributed by atoms with Gasteiger partial charge in [0.1, 0.15) is 18.2 Å². The molecule has 0 fully saturated rings. The van der Waals surface area contributed by atoms with Gasteiger partial charge in [0.25, 0.3) is 0 Å². The Balaban J connectivity index is 2.07. The predicted octanol–water partition coefficient (Wildman–Crippen LogP) is 0.845. The topological polar surface area (TPSA) is 87.4 Å².